The summed E-state index contributed by atoms with van der Waals surface area (Å²) in [6.45, 7) is 6.51. The third kappa shape index (κ3) is 3.20. The van der Waals surface area contributed by atoms with E-state index in [4.69, 9.17) is 0 Å². The number of hydrogen-bond donors (Lipinski definition) is 1. The number of rotatable bonds is 6. The largest absolute Gasteiger partial charge is 0.350 e. The average molecular weight is 309 g/mol. The zero-order valence-corrected chi connectivity index (χ0v) is 14.4. The van der Waals surface area contributed by atoms with Gasteiger partial charge in [-0.05, 0) is 51.6 Å². The molecule has 1 aliphatic heterocycles. The summed E-state index contributed by atoms with van der Waals surface area (Å²) in [5, 5.41) is 3.31. The molecular weight excluding hydrogens is 282 g/mol. The van der Waals surface area contributed by atoms with Crippen molar-refractivity contribution in [3.8, 4) is 0 Å². The van der Waals surface area contributed by atoms with E-state index in [1.165, 1.54) is 16.9 Å². The number of nitrogens with zero attached hydrogens (tertiary/aromatic N) is 2. The van der Waals surface area contributed by atoms with Gasteiger partial charge in [0.2, 0.25) is 0 Å². The summed E-state index contributed by atoms with van der Waals surface area (Å²) in [7, 11) is 2.03. The van der Waals surface area contributed by atoms with Gasteiger partial charge in [-0.25, -0.2) is 0 Å². The van der Waals surface area contributed by atoms with E-state index in [2.05, 4.69) is 83.6 Å². The highest BCUT2D eigenvalue weighted by atomic mass is 15.4. The molecule has 1 N–H and O–H groups in total. The van der Waals surface area contributed by atoms with Crippen LogP contribution in [0.4, 0.5) is 11.4 Å². The van der Waals surface area contributed by atoms with Crippen LogP contribution >= 0.6 is 0 Å². The van der Waals surface area contributed by atoms with Crippen molar-refractivity contribution < 1.29 is 0 Å². The minimum Gasteiger partial charge on any atom is -0.350 e. The van der Waals surface area contributed by atoms with Crippen molar-refractivity contribution in [1.29, 1.82) is 0 Å². The number of hydrogen-bond acceptors (Lipinski definition) is 3. The van der Waals surface area contributed by atoms with Crippen LogP contribution in [-0.4, -0.2) is 26.3 Å². The van der Waals surface area contributed by atoms with E-state index in [9.17, 15) is 0 Å². The van der Waals surface area contributed by atoms with E-state index >= 15 is 0 Å². The molecule has 0 spiro atoms. The number of para-hydroxylation sites is 2. The summed E-state index contributed by atoms with van der Waals surface area (Å²) in [4.78, 5) is 5.05. The number of fused-ring (bicyclic) bond motifs is 1. The van der Waals surface area contributed by atoms with Crippen molar-refractivity contribution in [2.45, 2.75) is 32.4 Å². The van der Waals surface area contributed by atoms with Crippen molar-refractivity contribution in [2.24, 2.45) is 0 Å². The third-order valence-electron chi connectivity index (χ3n) is 4.66. The molecule has 1 heterocycles. The minimum atomic E-state index is 0.397. The second-order valence-electron chi connectivity index (χ2n) is 6.48. The number of anilines is 2. The van der Waals surface area contributed by atoms with Crippen LogP contribution in [0, 0.1) is 0 Å². The van der Waals surface area contributed by atoms with Crippen molar-refractivity contribution in [2.75, 3.05) is 30.1 Å². The van der Waals surface area contributed by atoms with Crippen LogP contribution in [0.15, 0.2) is 54.6 Å². The smallest absolute Gasteiger partial charge is 0.0913 e. The Hall–Kier alpha value is -2.00. The van der Waals surface area contributed by atoms with Crippen LogP contribution in [0.25, 0.3) is 0 Å². The molecule has 0 amide bonds. The Kier molecular flexibility index (Phi) is 4.87. The molecule has 0 aliphatic carbocycles. The second kappa shape index (κ2) is 7.05. The summed E-state index contributed by atoms with van der Waals surface area (Å²) in [6.07, 6.45) is 1.10. The highest BCUT2D eigenvalue weighted by Crippen LogP contribution is 2.42. The van der Waals surface area contributed by atoms with Crippen molar-refractivity contribution in [1.82, 2.24) is 5.32 Å². The molecule has 3 heteroatoms. The summed E-state index contributed by atoms with van der Waals surface area (Å²) >= 11 is 0. The van der Waals surface area contributed by atoms with Gasteiger partial charge in [0.1, 0.15) is 0 Å². The predicted molar refractivity (Wildman–Crippen MR) is 99.1 cm³/mol. The van der Waals surface area contributed by atoms with E-state index in [1.807, 2.05) is 7.05 Å². The number of benzene rings is 2. The summed E-state index contributed by atoms with van der Waals surface area (Å²) < 4.78 is 0. The Balaban J connectivity index is 1.97. The van der Waals surface area contributed by atoms with Crippen LogP contribution in [-0.2, 0) is 0 Å². The third-order valence-corrected chi connectivity index (χ3v) is 4.66. The van der Waals surface area contributed by atoms with Crippen LogP contribution in [0.2, 0.25) is 0 Å². The first-order valence-electron chi connectivity index (χ1n) is 8.54. The maximum atomic E-state index is 3.31. The van der Waals surface area contributed by atoms with Gasteiger partial charge in [-0.1, -0.05) is 42.5 Å². The molecule has 0 fully saturated rings. The predicted octanol–water partition coefficient (Wildman–Crippen LogP) is 4.03. The molecule has 122 valence electrons. The molecule has 2 aromatic rings. The molecule has 3 nitrogen and oxygen atoms in total. The van der Waals surface area contributed by atoms with Gasteiger partial charge in [0.05, 0.1) is 24.1 Å². The topological polar surface area (TPSA) is 18.5 Å². The molecule has 0 saturated heterocycles. The fourth-order valence-corrected chi connectivity index (χ4v) is 3.43. The van der Waals surface area contributed by atoms with E-state index in [-0.39, 0.29) is 0 Å². The highest BCUT2D eigenvalue weighted by molar-refractivity contribution is 5.77. The maximum absolute atomic E-state index is 3.31. The molecular formula is C20H27N3. The fraction of sp³-hybridized carbons (Fsp3) is 0.400. The quantitative estimate of drug-likeness (QED) is 0.869. The van der Waals surface area contributed by atoms with Crippen LogP contribution in [0.1, 0.15) is 31.9 Å². The van der Waals surface area contributed by atoms with Gasteiger partial charge in [-0.3, -0.25) is 0 Å². The van der Waals surface area contributed by atoms with Gasteiger partial charge in [0.25, 0.3) is 0 Å². The van der Waals surface area contributed by atoms with Crippen molar-refractivity contribution in [3.05, 3.63) is 60.2 Å². The average Bonchev–Trinajstić information content (AvgIpc) is 2.96. The van der Waals surface area contributed by atoms with Crippen LogP contribution in [0.5, 0.6) is 0 Å². The first-order chi connectivity index (χ1) is 11.2. The van der Waals surface area contributed by atoms with Gasteiger partial charge < -0.3 is 15.1 Å². The molecule has 0 bridgehead atoms. The lowest BCUT2D eigenvalue weighted by molar-refractivity contribution is 0.552. The van der Waals surface area contributed by atoms with Crippen LogP contribution in [0.3, 0.4) is 0 Å². The lowest BCUT2D eigenvalue weighted by Crippen LogP contribution is -2.38. The standard InChI is InChI=1S/C20H27N3/c1-16(2)22-15-23(20-12-8-7-11-19(20)22)18(13-14-21-3)17-9-5-4-6-10-17/h4-12,16,18,21H,13-15H2,1-3H3/t18-/m1/s1. The molecule has 1 aliphatic rings. The molecule has 3 rings (SSSR count). The Bertz CT molecular complexity index is 624. The SMILES string of the molecule is CNCC[C@H](c1ccccc1)N1CN(C(C)C)c2ccccc21. The summed E-state index contributed by atoms with van der Waals surface area (Å²) in [5.41, 5.74) is 4.10. The molecule has 0 saturated carbocycles. The van der Waals surface area contributed by atoms with E-state index in [0.29, 0.717) is 12.1 Å². The molecule has 23 heavy (non-hydrogen) atoms. The van der Waals surface area contributed by atoms with E-state index in [1.54, 1.807) is 0 Å². The number of nitrogens with one attached hydrogen (secondary N) is 1. The first-order valence-corrected chi connectivity index (χ1v) is 8.54. The monoisotopic (exact) mass is 309 g/mol. The molecule has 0 radical (unpaired) electrons. The zero-order chi connectivity index (χ0) is 16.2. The van der Waals surface area contributed by atoms with Gasteiger partial charge >= 0.3 is 0 Å². The van der Waals surface area contributed by atoms with E-state index in [0.717, 1.165) is 19.6 Å². The van der Waals surface area contributed by atoms with Gasteiger partial charge in [0.15, 0.2) is 0 Å². The maximum Gasteiger partial charge on any atom is 0.0913 e. The fourth-order valence-electron chi connectivity index (χ4n) is 3.43. The zero-order valence-electron chi connectivity index (χ0n) is 14.4. The van der Waals surface area contributed by atoms with E-state index < -0.39 is 0 Å². The Morgan fingerprint density at radius 1 is 0.913 bits per heavy atom. The van der Waals surface area contributed by atoms with Gasteiger partial charge in [0, 0.05) is 6.04 Å². The van der Waals surface area contributed by atoms with Gasteiger partial charge in [-0.2, -0.15) is 0 Å². The van der Waals surface area contributed by atoms with Gasteiger partial charge in [-0.15, -0.1) is 0 Å². The van der Waals surface area contributed by atoms with Crippen molar-refractivity contribution >= 4 is 11.4 Å². The Morgan fingerprint density at radius 2 is 1.52 bits per heavy atom. The highest BCUT2D eigenvalue weighted by Gasteiger charge is 2.32. The lowest BCUT2D eigenvalue weighted by Gasteiger charge is -2.32. The Labute approximate surface area is 139 Å². The second-order valence-corrected chi connectivity index (χ2v) is 6.48. The summed E-state index contributed by atoms with van der Waals surface area (Å²) in [6, 6.07) is 20.6. The normalized spacial score (nSPS) is 15.1. The molecule has 0 aromatic heterocycles. The van der Waals surface area contributed by atoms with Crippen LogP contribution < -0.4 is 15.1 Å². The molecule has 1 atom stereocenters. The molecule has 0 unspecified atom stereocenters. The summed E-state index contributed by atoms with van der Waals surface area (Å²) in [5.74, 6) is 0. The first kappa shape index (κ1) is 15.9. The van der Waals surface area contributed by atoms with Crippen molar-refractivity contribution in [3.63, 3.8) is 0 Å². The lowest BCUT2D eigenvalue weighted by atomic mass is 10.0. The minimum absolute atomic E-state index is 0.397. The Morgan fingerprint density at radius 3 is 2.13 bits per heavy atom. The molecule has 2 aromatic carbocycles.